The number of carbonyl (C=O) groups excluding carboxylic acids is 3. The summed E-state index contributed by atoms with van der Waals surface area (Å²) < 4.78 is 0. The number of fused-ring (bicyclic) bond motifs is 1. The van der Waals surface area contributed by atoms with Gasteiger partial charge in [0, 0.05) is 0 Å². The van der Waals surface area contributed by atoms with Crippen LogP contribution in [0.1, 0.15) is 54.3 Å². The number of hydroxylamine groups is 2. The first-order valence-electron chi connectivity index (χ1n) is 7.17. The molecule has 5 heteroatoms. The third-order valence-corrected chi connectivity index (χ3v) is 3.65. The molecule has 2 rings (SSSR count). The first-order chi connectivity index (χ1) is 9.97. The minimum Gasteiger partial charge on any atom is -0.329 e. The van der Waals surface area contributed by atoms with Gasteiger partial charge in [-0.15, -0.1) is 0 Å². The van der Waals surface area contributed by atoms with Crippen LogP contribution >= 0.6 is 0 Å². The molecule has 2 amide bonds. The van der Waals surface area contributed by atoms with Gasteiger partial charge in [0.05, 0.1) is 17.0 Å². The van der Waals surface area contributed by atoms with Gasteiger partial charge >= 0.3 is 5.97 Å². The summed E-state index contributed by atoms with van der Waals surface area (Å²) >= 11 is 0. The lowest BCUT2D eigenvalue weighted by Crippen LogP contribution is -2.36. The van der Waals surface area contributed by atoms with Crippen molar-refractivity contribution in [3.63, 3.8) is 0 Å². The van der Waals surface area contributed by atoms with Crippen LogP contribution in [0.3, 0.4) is 0 Å². The van der Waals surface area contributed by atoms with Gasteiger partial charge in [0.1, 0.15) is 0 Å². The highest BCUT2D eigenvalue weighted by Crippen LogP contribution is 2.25. The third-order valence-electron chi connectivity index (χ3n) is 3.65. The van der Waals surface area contributed by atoms with E-state index in [1.54, 1.807) is 24.3 Å². The first-order valence-corrected chi connectivity index (χ1v) is 7.17. The van der Waals surface area contributed by atoms with E-state index in [1.165, 1.54) is 0 Å². The summed E-state index contributed by atoms with van der Waals surface area (Å²) in [7, 11) is 0. The quantitative estimate of drug-likeness (QED) is 0.782. The highest BCUT2D eigenvalue weighted by Gasteiger charge is 2.39. The van der Waals surface area contributed by atoms with Crippen LogP contribution in [-0.4, -0.2) is 22.8 Å². The molecule has 0 bridgehead atoms. The molecular weight excluding hydrogens is 270 g/mol. The van der Waals surface area contributed by atoms with Crippen LogP contribution in [0.4, 0.5) is 0 Å². The van der Waals surface area contributed by atoms with Crippen molar-refractivity contribution >= 4 is 17.8 Å². The summed E-state index contributed by atoms with van der Waals surface area (Å²) in [4.78, 5) is 41.5. The SMILES string of the molecule is CCCC(C(=O)ON1C(=O)c2ccccc2C1=O)C(C)C. The summed E-state index contributed by atoms with van der Waals surface area (Å²) in [5.74, 6) is -1.92. The monoisotopic (exact) mass is 289 g/mol. The number of hydrogen-bond acceptors (Lipinski definition) is 4. The second-order valence-electron chi connectivity index (χ2n) is 5.50. The van der Waals surface area contributed by atoms with E-state index in [1.807, 2.05) is 20.8 Å². The first kappa shape index (κ1) is 15.2. The molecule has 1 aromatic carbocycles. The van der Waals surface area contributed by atoms with Crippen molar-refractivity contribution in [3.8, 4) is 0 Å². The van der Waals surface area contributed by atoms with Crippen LogP contribution in [0.15, 0.2) is 24.3 Å². The topological polar surface area (TPSA) is 63.7 Å². The fraction of sp³-hybridized carbons (Fsp3) is 0.438. The molecule has 0 fully saturated rings. The molecule has 5 nitrogen and oxygen atoms in total. The number of imide groups is 1. The van der Waals surface area contributed by atoms with Gasteiger partial charge in [-0.1, -0.05) is 44.4 Å². The Morgan fingerprint density at radius 2 is 1.67 bits per heavy atom. The molecule has 1 aliphatic rings. The predicted octanol–water partition coefficient (Wildman–Crippen LogP) is 2.81. The number of nitrogens with zero attached hydrogens (tertiary/aromatic N) is 1. The predicted molar refractivity (Wildman–Crippen MR) is 76.3 cm³/mol. The zero-order chi connectivity index (χ0) is 15.6. The van der Waals surface area contributed by atoms with E-state index < -0.39 is 17.8 Å². The zero-order valence-electron chi connectivity index (χ0n) is 12.5. The van der Waals surface area contributed by atoms with Crippen molar-refractivity contribution in [2.45, 2.75) is 33.6 Å². The average molecular weight is 289 g/mol. The Kier molecular flexibility index (Phi) is 4.40. The Morgan fingerprint density at radius 1 is 1.14 bits per heavy atom. The van der Waals surface area contributed by atoms with Crippen molar-refractivity contribution in [1.29, 1.82) is 0 Å². The van der Waals surface area contributed by atoms with Crippen molar-refractivity contribution < 1.29 is 19.2 Å². The maximum absolute atomic E-state index is 12.2. The standard InChI is InChI=1S/C16H19NO4/c1-4-7-11(10(2)3)16(20)21-17-14(18)12-8-5-6-9-13(12)15(17)19/h5-6,8-11H,4,7H2,1-3H3. The van der Waals surface area contributed by atoms with Crippen LogP contribution in [0.2, 0.25) is 0 Å². The molecule has 0 aromatic heterocycles. The molecule has 0 aliphatic carbocycles. The van der Waals surface area contributed by atoms with Gasteiger partial charge in [-0.3, -0.25) is 9.59 Å². The molecule has 0 radical (unpaired) electrons. The number of rotatable bonds is 5. The number of benzene rings is 1. The van der Waals surface area contributed by atoms with Crippen LogP contribution in [0.25, 0.3) is 0 Å². The summed E-state index contributed by atoms with van der Waals surface area (Å²) in [6.45, 7) is 5.82. The van der Waals surface area contributed by atoms with E-state index in [4.69, 9.17) is 4.84 Å². The van der Waals surface area contributed by atoms with E-state index in [0.29, 0.717) is 11.5 Å². The maximum atomic E-state index is 12.2. The Hall–Kier alpha value is -2.17. The molecule has 1 atom stereocenters. The molecule has 1 unspecified atom stereocenters. The second kappa shape index (κ2) is 6.08. The van der Waals surface area contributed by atoms with Crippen LogP contribution < -0.4 is 0 Å². The van der Waals surface area contributed by atoms with E-state index in [0.717, 1.165) is 6.42 Å². The summed E-state index contributed by atoms with van der Waals surface area (Å²) in [6, 6.07) is 6.44. The Morgan fingerprint density at radius 3 is 2.10 bits per heavy atom. The molecule has 1 aromatic rings. The third kappa shape index (κ3) is 2.82. The molecule has 0 spiro atoms. The van der Waals surface area contributed by atoms with Crippen molar-refractivity contribution in [2.24, 2.45) is 11.8 Å². The fourth-order valence-electron chi connectivity index (χ4n) is 2.44. The van der Waals surface area contributed by atoms with Crippen molar-refractivity contribution in [3.05, 3.63) is 35.4 Å². The van der Waals surface area contributed by atoms with Gasteiger partial charge in [-0.05, 0) is 24.5 Å². The molecule has 0 N–H and O–H groups in total. The second-order valence-corrected chi connectivity index (χ2v) is 5.50. The Labute approximate surface area is 123 Å². The number of amides is 2. The van der Waals surface area contributed by atoms with Crippen LogP contribution in [0.5, 0.6) is 0 Å². The van der Waals surface area contributed by atoms with E-state index in [2.05, 4.69) is 0 Å². The van der Waals surface area contributed by atoms with Gasteiger partial charge in [0.15, 0.2) is 0 Å². The summed E-state index contributed by atoms with van der Waals surface area (Å²) in [6.07, 6.45) is 1.50. The zero-order valence-corrected chi connectivity index (χ0v) is 12.5. The van der Waals surface area contributed by atoms with Crippen LogP contribution in [0, 0.1) is 11.8 Å². The lowest BCUT2D eigenvalue weighted by Gasteiger charge is -2.21. The largest absolute Gasteiger partial charge is 0.336 e. The normalized spacial score (nSPS) is 15.3. The molecule has 0 saturated heterocycles. The highest BCUT2D eigenvalue weighted by atomic mass is 16.7. The lowest BCUT2D eigenvalue weighted by molar-refractivity contribution is -0.175. The van der Waals surface area contributed by atoms with E-state index in [9.17, 15) is 14.4 Å². The van der Waals surface area contributed by atoms with E-state index in [-0.39, 0.29) is 23.0 Å². The molecule has 0 saturated carbocycles. The minimum atomic E-state index is -0.581. The fourth-order valence-corrected chi connectivity index (χ4v) is 2.44. The average Bonchev–Trinajstić information content (AvgIpc) is 2.70. The maximum Gasteiger partial charge on any atom is 0.336 e. The van der Waals surface area contributed by atoms with Gasteiger partial charge in [0.2, 0.25) is 0 Å². The molecule has 112 valence electrons. The van der Waals surface area contributed by atoms with Gasteiger partial charge < -0.3 is 4.84 Å². The van der Waals surface area contributed by atoms with Gasteiger partial charge in [-0.25, -0.2) is 4.79 Å². The minimum absolute atomic E-state index is 0.0904. The van der Waals surface area contributed by atoms with Gasteiger partial charge in [-0.2, -0.15) is 0 Å². The number of carbonyl (C=O) groups is 3. The summed E-state index contributed by atoms with van der Waals surface area (Å²) in [5, 5.41) is 0.581. The molecule has 21 heavy (non-hydrogen) atoms. The highest BCUT2D eigenvalue weighted by molar-refractivity contribution is 6.20. The molecule has 1 heterocycles. The van der Waals surface area contributed by atoms with Crippen molar-refractivity contribution in [2.75, 3.05) is 0 Å². The Balaban J connectivity index is 2.16. The molecule has 1 aliphatic heterocycles. The van der Waals surface area contributed by atoms with Crippen molar-refractivity contribution in [1.82, 2.24) is 5.06 Å². The number of hydrogen-bond donors (Lipinski definition) is 0. The smallest absolute Gasteiger partial charge is 0.329 e. The van der Waals surface area contributed by atoms with E-state index >= 15 is 0 Å². The van der Waals surface area contributed by atoms with Gasteiger partial charge in [0.25, 0.3) is 11.8 Å². The summed E-state index contributed by atoms with van der Waals surface area (Å²) in [5.41, 5.74) is 0.541. The van der Waals surface area contributed by atoms with Crippen LogP contribution in [-0.2, 0) is 9.63 Å². The molecular formula is C16H19NO4. The Bertz CT molecular complexity index is 544. The lowest BCUT2D eigenvalue weighted by atomic mass is 9.92.